The van der Waals surface area contributed by atoms with Crippen LogP contribution in [0.5, 0.6) is 0 Å². The van der Waals surface area contributed by atoms with E-state index in [1.165, 1.54) is 16.5 Å². The van der Waals surface area contributed by atoms with Gasteiger partial charge in [-0.1, -0.05) is 6.08 Å². The van der Waals surface area contributed by atoms with Crippen molar-refractivity contribution in [2.24, 2.45) is 0 Å². The lowest BCUT2D eigenvalue weighted by Gasteiger charge is -2.26. The van der Waals surface area contributed by atoms with E-state index in [2.05, 4.69) is 17.3 Å². The maximum atomic E-state index is 12.6. The van der Waals surface area contributed by atoms with Crippen molar-refractivity contribution in [1.29, 1.82) is 0 Å². The summed E-state index contributed by atoms with van der Waals surface area (Å²) in [5.41, 5.74) is 10.00. The summed E-state index contributed by atoms with van der Waals surface area (Å²) in [6, 6.07) is 5.97. The van der Waals surface area contributed by atoms with E-state index in [9.17, 15) is 4.79 Å². The molecule has 0 saturated carbocycles. The number of nitrogen functional groups attached to an aromatic ring is 1. The number of anilines is 1. The maximum absolute atomic E-state index is 12.6. The first kappa shape index (κ1) is 17.2. The van der Waals surface area contributed by atoms with Crippen LogP contribution >= 0.6 is 0 Å². The van der Waals surface area contributed by atoms with E-state index < -0.39 is 5.60 Å². The van der Waals surface area contributed by atoms with Crippen molar-refractivity contribution in [3.63, 3.8) is 0 Å². The quantitative estimate of drug-likeness (QED) is 0.451. The first-order valence-corrected chi connectivity index (χ1v) is 9.29. The Morgan fingerprint density at radius 2 is 2.12 bits per heavy atom. The number of amides is 1. The Bertz CT molecular complexity index is 921. The Morgan fingerprint density at radius 3 is 2.77 bits per heavy atom. The van der Waals surface area contributed by atoms with Gasteiger partial charge in [-0.25, -0.2) is 4.48 Å². The summed E-state index contributed by atoms with van der Waals surface area (Å²) in [4.78, 5) is 16.0. The summed E-state index contributed by atoms with van der Waals surface area (Å²) in [5, 5.41) is 1.17. The van der Waals surface area contributed by atoms with Crippen LogP contribution in [0.15, 0.2) is 30.5 Å². The number of aromatic amines is 1. The Balaban J connectivity index is 1.56. The number of quaternary nitrogens is 1. The van der Waals surface area contributed by atoms with E-state index in [0.717, 1.165) is 37.0 Å². The molecule has 5 heteroatoms. The molecule has 2 aliphatic rings. The van der Waals surface area contributed by atoms with E-state index in [1.807, 2.05) is 46.0 Å². The number of rotatable bonds is 1. The van der Waals surface area contributed by atoms with Crippen molar-refractivity contribution in [2.45, 2.75) is 51.2 Å². The number of aromatic nitrogens is 1. The molecule has 2 aromatic rings. The van der Waals surface area contributed by atoms with Gasteiger partial charge in [0.15, 0.2) is 5.54 Å². The van der Waals surface area contributed by atoms with Gasteiger partial charge in [0.05, 0.1) is 7.05 Å². The highest BCUT2D eigenvalue weighted by Crippen LogP contribution is 2.52. The molecule has 1 aliphatic heterocycles. The molecule has 138 valence electrons. The highest BCUT2D eigenvalue weighted by atomic mass is 16.6. The minimum absolute atomic E-state index is 0.0109. The standard InChI is InChI=1S/C21H28N3O2/c1-20(2,3)26-19(25)24(4)13-21(24)9-7-14(8-10-21)17-12-23-18-6-5-15(22)11-16(17)18/h5-7,11-12,23H,8-10,13,22H2,1-4H3/q+1. The highest BCUT2D eigenvalue weighted by Gasteiger charge is 2.72. The van der Waals surface area contributed by atoms with Gasteiger partial charge in [-0.2, -0.15) is 4.79 Å². The normalized spacial score (nSPS) is 28.2. The van der Waals surface area contributed by atoms with Crippen molar-refractivity contribution in [3.05, 3.63) is 36.0 Å². The van der Waals surface area contributed by atoms with Crippen molar-refractivity contribution < 1.29 is 14.0 Å². The highest BCUT2D eigenvalue weighted by molar-refractivity contribution is 5.94. The number of hydrogen-bond acceptors (Lipinski definition) is 3. The zero-order valence-corrected chi connectivity index (χ0v) is 16.1. The first-order chi connectivity index (χ1) is 12.1. The second-order valence-corrected chi connectivity index (χ2v) is 9.00. The summed E-state index contributed by atoms with van der Waals surface area (Å²) >= 11 is 0. The Morgan fingerprint density at radius 1 is 1.35 bits per heavy atom. The summed E-state index contributed by atoms with van der Waals surface area (Å²) in [6.07, 6.45) is 7.16. The Kier molecular flexibility index (Phi) is 3.54. The minimum Gasteiger partial charge on any atom is -0.414 e. The lowest BCUT2D eigenvalue weighted by atomic mass is 9.85. The molecular weight excluding hydrogens is 326 g/mol. The number of benzene rings is 1. The molecule has 1 spiro atoms. The van der Waals surface area contributed by atoms with Crippen LogP contribution in [0.4, 0.5) is 10.5 Å². The molecule has 5 nitrogen and oxygen atoms in total. The van der Waals surface area contributed by atoms with E-state index in [-0.39, 0.29) is 11.6 Å². The van der Waals surface area contributed by atoms with Gasteiger partial charge >= 0.3 is 6.09 Å². The number of nitrogens with two attached hydrogens (primary N) is 1. The van der Waals surface area contributed by atoms with Crippen LogP contribution in [0, 0.1) is 0 Å². The van der Waals surface area contributed by atoms with Gasteiger partial charge in [0.1, 0.15) is 12.1 Å². The molecule has 1 aliphatic carbocycles. The minimum atomic E-state index is -0.443. The van der Waals surface area contributed by atoms with Gasteiger partial charge in [0.25, 0.3) is 0 Å². The molecule has 0 bridgehead atoms. The molecule has 1 amide bonds. The molecule has 2 heterocycles. The Hall–Kier alpha value is -2.27. The average molecular weight is 354 g/mol. The smallest absolute Gasteiger partial charge is 0.414 e. The number of likely N-dealkylation sites (N-methyl/N-ethyl adjacent to an activating group) is 1. The van der Waals surface area contributed by atoms with Crippen LogP contribution in [0.1, 0.15) is 45.6 Å². The van der Waals surface area contributed by atoms with Gasteiger partial charge in [0, 0.05) is 41.2 Å². The number of fused-ring (bicyclic) bond motifs is 1. The molecule has 1 aromatic heterocycles. The molecule has 4 rings (SSSR count). The van der Waals surface area contributed by atoms with Gasteiger partial charge in [0.2, 0.25) is 0 Å². The first-order valence-electron chi connectivity index (χ1n) is 9.29. The van der Waals surface area contributed by atoms with E-state index in [1.54, 1.807) is 0 Å². The Labute approximate surface area is 154 Å². The summed E-state index contributed by atoms with van der Waals surface area (Å²) in [5.74, 6) is 0. The van der Waals surface area contributed by atoms with E-state index in [4.69, 9.17) is 10.5 Å². The predicted molar refractivity (Wildman–Crippen MR) is 105 cm³/mol. The molecule has 1 aromatic carbocycles. The third kappa shape index (κ3) is 2.62. The van der Waals surface area contributed by atoms with Crippen LogP contribution in [-0.4, -0.2) is 40.3 Å². The maximum Gasteiger partial charge on any atom is 0.517 e. The van der Waals surface area contributed by atoms with E-state index in [0.29, 0.717) is 4.48 Å². The summed E-state index contributed by atoms with van der Waals surface area (Å²) in [6.45, 7) is 6.64. The molecule has 3 N–H and O–H groups in total. The number of H-pyrrole nitrogens is 1. The zero-order chi connectivity index (χ0) is 18.7. The number of hydrogen-bond donors (Lipinski definition) is 2. The van der Waals surface area contributed by atoms with Crippen LogP contribution in [-0.2, 0) is 4.74 Å². The zero-order valence-electron chi connectivity index (χ0n) is 16.1. The van der Waals surface area contributed by atoms with Crippen LogP contribution in [0.2, 0.25) is 0 Å². The number of carbonyl (C=O) groups is 1. The lowest BCUT2D eigenvalue weighted by molar-refractivity contribution is -0.734. The van der Waals surface area contributed by atoms with Crippen molar-refractivity contribution in [3.8, 4) is 0 Å². The molecule has 2 atom stereocenters. The number of nitrogens with one attached hydrogen (secondary N) is 1. The van der Waals surface area contributed by atoms with Gasteiger partial charge in [-0.3, -0.25) is 0 Å². The van der Waals surface area contributed by atoms with Gasteiger partial charge in [-0.15, -0.1) is 0 Å². The molecule has 1 fully saturated rings. The van der Waals surface area contributed by atoms with Crippen molar-refractivity contribution in [2.75, 3.05) is 19.3 Å². The number of carbonyl (C=O) groups excluding carboxylic acids is 1. The second kappa shape index (κ2) is 5.36. The molecule has 2 unspecified atom stereocenters. The fraction of sp³-hybridized carbons (Fsp3) is 0.476. The third-order valence-electron chi connectivity index (χ3n) is 5.99. The fourth-order valence-corrected chi connectivity index (χ4v) is 4.30. The van der Waals surface area contributed by atoms with Gasteiger partial charge < -0.3 is 15.5 Å². The van der Waals surface area contributed by atoms with Crippen molar-refractivity contribution >= 4 is 28.3 Å². The molecular formula is C21H28N3O2+. The number of nitrogens with zero attached hydrogens (tertiary/aromatic N) is 1. The largest absolute Gasteiger partial charge is 0.517 e. The van der Waals surface area contributed by atoms with Crippen LogP contribution < -0.4 is 5.73 Å². The topological polar surface area (TPSA) is 68.1 Å². The number of allylic oxidation sites excluding steroid dienone is 1. The SMILES string of the molecule is CC(C)(C)OC(=O)[N+]1(C)CC12CC=C(c1c[nH]c3ccc(N)cc13)CC2. The summed E-state index contributed by atoms with van der Waals surface area (Å²) in [7, 11) is 2.01. The molecule has 26 heavy (non-hydrogen) atoms. The number of ether oxygens (including phenoxy) is 1. The predicted octanol–water partition coefficient (Wildman–Crippen LogP) is 4.45. The monoisotopic (exact) mass is 354 g/mol. The average Bonchev–Trinajstić information content (AvgIpc) is 2.94. The third-order valence-corrected chi connectivity index (χ3v) is 5.99. The van der Waals surface area contributed by atoms with E-state index >= 15 is 0 Å². The molecule has 0 radical (unpaired) electrons. The lowest BCUT2D eigenvalue weighted by Crippen LogP contribution is -2.42. The van der Waals surface area contributed by atoms with Crippen LogP contribution in [0.25, 0.3) is 16.5 Å². The summed E-state index contributed by atoms with van der Waals surface area (Å²) < 4.78 is 6.05. The van der Waals surface area contributed by atoms with Gasteiger partial charge in [-0.05, 0) is 51.0 Å². The van der Waals surface area contributed by atoms with Crippen molar-refractivity contribution in [1.82, 2.24) is 4.98 Å². The molecule has 1 saturated heterocycles. The second-order valence-electron chi connectivity index (χ2n) is 9.00. The van der Waals surface area contributed by atoms with Crippen LogP contribution in [0.3, 0.4) is 0 Å². The fourth-order valence-electron chi connectivity index (χ4n) is 4.30.